The summed E-state index contributed by atoms with van der Waals surface area (Å²) in [5.74, 6) is 0. The van der Waals surface area contributed by atoms with Crippen LogP contribution in [0.3, 0.4) is 0 Å². The molecule has 0 aliphatic rings. The van der Waals surface area contributed by atoms with E-state index in [1.165, 1.54) is 4.68 Å². The molecular weight excluding hydrogens is 272 g/mol. The number of rotatable bonds is 2. The summed E-state index contributed by atoms with van der Waals surface area (Å²) >= 11 is 0. The van der Waals surface area contributed by atoms with Gasteiger partial charge in [-0.05, 0) is 11.1 Å². The first kappa shape index (κ1) is 15.7. The third-order valence-electron chi connectivity index (χ3n) is 3.28. The monoisotopic (exact) mass is 292 g/mol. The summed E-state index contributed by atoms with van der Waals surface area (Å²) in [6.45, 7) is 4.00. The van der Waals surface area contributed by atoms with Gasteiger partial charge in [0.1, 0.15) is 0 Å². The van der Waals surface area contributed by atoms with E-state index in [1.807, 2.05) is 74.5 Å². The highest BCUT2D eigenvalue weighted by Gasteiger charge is 2.13. The Balaban J connectivity index is 0.000000847. The van der Waals surface area contributed by atoms with Crippen molar-refractivity contribution < 1.29 is 0 Å². The molecule has 0 aliphatic carbocycles. The quantitative estimate of drug-likeness (QED) is 0.711. The normalized spacial score (nSPS) is 9.77. The molecule has 0 saturated carbocycles. The molecule has 3 nitrogen and oxygen atoms in total. The van der Waals surface area contributed by atoms with Crippen molar-refractivity contribution in [3.05, 3.63) is 77.2 Å². The molecular formula is C19H20N2O. The predicted octanol–water partition coefficient (Wildman–Crippen LogP) is 4.14. The smallest absolute Gasteiger partial charge is 0.267 e. The molecule has 0 saturated heterocycles. The van der Waals surface area contributed by atoms with Gasteiger partial charge in [-0.25, -0.2) is 4.68 Å². The Labute approximate surface area is 130 Å². The molecule has 0 atom stereocenters. The first-order chi connectivity index (χ1) is 10.8. The molecule has 0 unspecified atom stereocenters. The summed E-state index contributed by atoms with van der Waals surface area (Å²) in [6, 6.07) is 19.6. The molecule has 0 radical (unpaired) electrons. The van der Waals surface area contributed by atoms with E-state index < -0.39 is 0 Å². The minimum atomic E-state index is -0.0856. The highest BCUT2D eigenvalue weighted by atomic mass is 16.1. The number of aromatic nitrogens is 2. The fraction of sp³-hybridized carbons (Fsp3) is 0.158. The van der Waals surface area contributed by atoms with Crippen molar-refractivity contribution in [3.63, 3.8) is 0 Å². The molecule has 0 fully saturated rings. The van der Waals surface area contributed by atoms with Crippen LogP contribution in [0.25, 0.3) is 22.3 Å². The molecule has 0 spiro atoms. The number of nitrogens with zero attached hydrogens (tertiary/aromatic N) is 2. The maximum Gasteiger partial charge on any atom is 0.274 e. The Hall–Kier alpha value is -2.68. The molecule has 1 aromatic heterocycles. The zero-order valence-corrected chi connectivity index (χ0v) is 13.2. The zero-order valence-electron chi connectivity index (χ0n) is 13.2. The van der Waals surface area contributed by atoms with Crippen molar-refractivity contribution >= 4 is 0 Å². The molecule has 0 aliphatic heterocycles. The van der Waals surface area contributed by atoms with Crippen LogP contribution in [-0.4, -0.2) is 9.78 Å². The Morgan fingerprint density at radius 3 is 1.86 bits per heavy atom. The lowest BCUT2D eigenvalue weighted by Crippen LogP contribution is -2.21. The van der Waals surface area contributed by atoms with Gasteiger partial charge in [-0.2, -0.15) is 5.10 Å². The van der Waals surface area contributed by atoms with Crippen LogP contribution in [0.2, 0.25) is 0 Å². The van der Waals surface area contributed by atoms with Gasteiger partial charge in [0, 0.05) is 12.6 Å². The Kier molecular flexibility index (Phi) is 5.26. The van der Waals surface area contributed by atoms with Crippen LogP contribution in [-0.2, 0) is 7.05 Å². The Bertz CT molecular complexity index is 778. The number of hydrogen-bond acceptors (Lipinski definition) is 2. The topological polar surface area (TPSA) is 34.9 Å². The van der Waals surface area contributed by atoms with Crippen LogP contribution in [0, 0.1) is 0 Å². The minimum Gasteiger partial charge on any atom is -0.267 e. The molecule has 3 rings (SSSR count). The van der Waals surface area contributed by atoms with Crippen LogP contribution in [0.4, 0.5) is 0 Å². The van der Waals surface area contributed by atoms with Gasteiger partial charge in [-0.15, -0.1) is 0 Å². The van der Waals surface area contributed by atoms with E-state index in [2.05, 4.69) is 5.10 Å². The van der Waals surface area contributed by atoms with Crippen molar-refractivity contribution in [1.82, 2.24) is 9.78 Å². The minimum absolute atomic E-state index is 0.0856. The van der Waals surface area contributed by atoms with Crippen LogP contribution in [0.5, 0.6) is 0 Å². The van der Waals surface area contributed by atoms with E-state index in [4.69, 9.17) is 0 Å². The average Bonchev–Trinajstić information content (AvgIpc) is 2.60. The van der Waals surface area contributed by atoms with E-state index in [0.29, 0.717) is 5.56 Å². The van der Waals surface area contributed by atoms with E-state index in [9.17, 15) is 4.79 Å². The van der Waals surface area contributed by atoms with Crippen molar-refractivity contribution in [2.45, 2.75) is 13.8 Å². The summed E-state index contributed by atoms with van der Waals surface area (Å²) < 4.78 is 1.37. The molecule has 0 amide bonds. The van der Waals surface area contributed by atoms with Crippen LogP contribution in [0.15, 0.2) is 71.7 Å². The molecule has 1 heterocycles. The Morgan fingerprint density at radius 2 is 1.32 bits per heavy atom. The first-order valence-corrected chi connectivity index (χ1v) is 7.44. The summed E-state index contributed by atoms with van der Waals surface area (Å²) in [5, 5.41) is 4.15. The van der Waals surface area contributed by atoms with E-state index >= 15 is 0 Å². The maximum absolute atomic E-state index is 12.5. The van der Waals surface area contributed by atoms with Crippen molar-refractivity contribution in [1.29, 1.82) is 0 Å². The van der Waals surface area contributed by atoms with Gasteiger partial charge in [0.2, 0.25) is 0 Å². The van der Waals surface area contributed by atoms with E-state index in [-0.39, 0.29) is 5.56 Å². The lowest BCUT2D eigenvalue weighted by molar-refractivity contribution is 0.711. The summed E-state index contributed by atoms with van der Waals surface area (Å²) in [4.78, 5) is 12.5. The number of benzene rings is 2. The van der Waals surface area contributed by atoms with Crippen molar-refractivity contribution in [3.8, 4) is 22.3 Å². The fourth-order valence-electron chi connectivity index (χ4n) is 2.26. The highest BCUT2D eigenvalue weighted by molar-refractivity contribution is 5.82. The van der Waals surface area contributed by atoms with Crippen LogP contribution >= 0.6 is 0 Å². The second-order valence-electron chi connectivity index (χ2n) is 4.59. The summed E-state index contributed by atoms with van der Waals surface area (Å²) in [5.41, 5.74) is 3.37. The SMILES string of the molecule is CC.Cn1ncc(-c2ccccc2)c(-c2ccccc2)c1=O. The molecule has 2 aromatic carbocycles. The maximum atomic E-state index is 12.5. The fourth-order valence-corrected chi connectivity index (χ4v) is 2.26. The molecule has 3 heteroatoms. The van der Waals surface area contributed by atoms with Gasteiger partial charge in [-0.1, -0.05) is 74.5 Å². The summed E-state index contributed by atoms with van der Waals surface area (Å²) in [7, 11) is 1.67. The Morgan fingerprint density at radius 1 is 0.818 bits per heavy atom. The first-order valence-electron chi connectivity index (χ1n) is 7.44. The highest BCUT2D eigenvalue weighted by Crippen LogP contribution is 2.28. The second kappa shape index (κ2) is 7.36. The number of hydrogen-bond donors (Lipinski definition) is 0. The van der Waals surface area contributed by atoms with Gasteiger partial charge in [-0.3, -0.25) is 4.79 Å². The standard InChI is InChI=1S/C17H14N2O.C2H6/c1-19-17(20)16(14-10-6-3-7-11-14)15(12-18-19)13-8-4-2-5-9-13;1-2/h2-12H,1H3;1-2H3. The number of aryl methyl sites for hydroxylation is 1. The average molecular weight is 292 g/mol. The van der Waals surface area contributed by atoms with Crippen LogP contribution in [0.1, 0.15) is 13.8 Å². The molecule has 22 heavy (non-hydrogen) atoms. The largest absolute Gasteiger partial charge is 0.274 e. The molecule has 0 bridgehead atoms. The lowest BCUT2D eigenvalue weighted by Gasteiger charge is -2.10. The third-order valence-corrected chi connectivity index (χ3v) is 3.28. The predicted molar refractivity (Wildman–Crippen MR) is 91.7 cm³/mol. The van der Waals surface area contributed by atoms with Crippen molar-refractivity contribution in [2.75, 3.05) is 0 Å². The third kappa shape index (κ3) is 3.14. The van der Waals surface area contributed by atoms with Gasteiger partial charge in [0.25, 0.3) is 5.56 Å². The molecule has 0 N–H and O–H groups in total. The zero-order chi connectivity index (χ0) is 15.9. The lowest BCUT2D eigenvalue weighted by atomic mass is 9.97. The molecule has 3 aromatic rings. The van der Waals surface area contributed by atoms with Gasteiger partial charge >= 0.3 is 0 Å². The van der Waals surface area contributed by atoms with Gasteiger partial charge in [0.15, 0.2) is 0 Å². The van der Waals surface area contributed by atoms with E-state index in [1.54, 1.807) is 13.2 Å². The van der Waals surface area contributed by atoms with Crippen molar-refractivity contribution in [2.24, 2.45) is 7.05 Å². The van der Waals surface area contributed by atoms with Gasteiger partial charge < -0.3 is 0 Å². The second-order valence-corrected chi connectivity index (χ2v) is 4.59. The summed E-state index contributed by atoms with van der Waals surface area (Å²) in [6.07, 6.45) is 1.75. The van der Waals surface area contributed by atoms with E-state index in [0.717, 1.165) is 16.7 Å². The van der Waals surface area contributed by atoms with Crippen LogP contribution < -0.4 is 5.56 Å². The molecule has 112 valence electrons. The van der Waals surface area contributed by atoms with Gasteiger partial charge in [0.05, 0.1) is 11.8 Å².